The van der Waals surface area contributed by atoms with Crippen LogP contribution in [-0.4, -0.2) is 26.4 Å². The minimum atomic E-state index is -0.122. The van der Waals surface area contributed by atoms with Gasteiger partial charge in [-0.1, -0.05) is 36.9 Å². The molecule has 1 N–H and O–H groups in total. The number of anilines is 1. The molecule has 5 rings (SSSR count). The lowest BCUT2D eigenvalue weighted by atomic mass is 9.89. The summed E-state index contributed by atoms with van der Waals surface area (Å²) in [5.74, 6) is 2.15. The summed E-state index contributed by atoms with van der Waals surface area (Å²) in [6.07, 6.45) is 5.28. The Morgan fingerprint density at radius 1 is 1.29 bits per heavy atom. The molecular weight excluding hydrogens is 426 g/mol. The molecule has 2 aliphatic rings. The predicted octanol–water partition coefficient (Wildman–Crippen LogP) is 4.93. The molecule has 0 bridgehead atoms. The minimum Gasteiger partial charge on any atom is -0.316 e. The number of nitrogens with one attached hydrogen (secondary N) is 1. The Morgan fingerprint density at radius 2 is 2.10 bits per heavy atom. The average molecular weight is 450 g/mol. The smallest absolute Gasteiger partial charge is 0.235 e. The molecule has 1 atom stereocenters. The summed E-state index contributed by atoms with van der Waals surface area (Å²) >= 11 is 2.94. The van der Waals surface area contributed by atoms with Gasteiger partial charge in [0.25, 0.3) is 0 Å². The molecule has 0 saturated heterocycles. The highest BCUT2D eigenvalue weighted by Crippen LogP contribution is 2.41. The van der Waals surface area contributed by atoms with Crippen molar-refractivity contribution >= 4 is 34.0 Å². The van der Waals surface area contributed by atoms with Gasteiger partial charge >= 0.3 is 0 Å². The van der Waals surface area contributed by atoms with Crippen LogP contribution < -0.4 is 5.32 Å². The third-order valence-electron chi connectivity index (χ3n) is 5.82. The second kappa shape index (κ2) is 8.48. The summed E-state index contributed by atoms with van der Waals surface area (Å²) in [5.41, 5.74) is 2.80. The van der Waals surface area contributed by atoms with E-state index in [4.69, 9.17) is 0 Å². The van der Waals surface area contributed by atoms with Gasteiger partial charge < -0.3 is 5.32 Å². The highest BCUT2D eigenvalue weighted by Gasteiger charge is 2.31. The number of aromatic nitrogens is 3. The Balaban J connectivity index is 1.32. The van der Waals surface area contributed by atoms with Crippen molar-refractivity contribution < 1.29 is 4.79 Å². The Labute approximate surface area is 189 Å². The standard InChI is InChI=1S/C23H23N5OS2/c1-14-7-10-17-18(12-24)22(31-19(17)11-14)25-20(29)13-30-23-27-26-21(15-8-9-15)28(23)16-5-3-2-4-6-16/h2-6,14-15H,7-11,13H2,1H3,(H,25,29)/t14-/m1/s1. The Bertz CT molecular complexity index is 1160. The van der Waals surface area contributed by atoms with Crippen LogP contribution in [0.15, 0.2) is 35.5 Å². The summed E-state index contributed by atoms with van der Waals surface area (Å²) in [7, 11) is 0. The first-order valence-electron chi connectivity index (χ1n) is 10.6. The highest BCUT2D eigenvalue weighted by atomic mass is 32.2. The van der Waals surface area contributed by atoms with Gasteiger partial charge in [-0.15, -0.1) is 21.5 Å². The third-order valence-corrected chi connectivity index (χ3v) is 7.92. The molecule has 0 unspecified atom stereocenters. The van der Waals surface area contributed by atoms with Crippen LogP contribution in [0.5, 0.6) is 0 Å². The van der Waals surface area contributed by atoms with Crippen LogP contribution in [0.1, 0.15) is 53.9 Å². The van der Waals surface area contributed by atoms with Crippen molar-refractivity contribution in [2.75, 3.05) is 11.1 Å². The van der Waals surface area contributed by atoms with E-state index in [2.05, 4.69) is 33.1 Å². The Hall–Kier alpha value is -2.63. The van der Waals surface area contributed by atoms with Gasteiger partial charge in [0.05, 0.1) is 11.3 Å². The summed E-state index contributed by atoms with van der Waals surface area (Å²) in [6, 6.07) is 12.4. The van der Waals surface area contributed by atoms with Crippen molar-refractivity contribution in [3.63, 3.8) is 0 Å². The first-order chi connectivity index (χ1) is 15.1. The number of benzene rings is 1. The number of thioether (sulfide) groups is 1. The maximum absolute atomic E-state index is 12.7. The van der Waals surface area contributed by atoms with Gasteiger partial charge in [0, 0.05) is 16.5 Å². The van der Waals surface area contributed by atoms with Crippen molar-refractivity contribution in [1.29, 1.82) is 5.26 Å². The first-order valence-corrected chi connectivity index (χ1v) is 12.4. The molecule has 31 heavy (non-hydrogen) atoms. The molecule has 1 aromatic carbocycles. The highest BCUT2D eigenvalue weighted by molar-refractivity contribution is 7.99. The van der Waals surface area contributed by atoms with E-state index in [0.29, 0.717) is 22.4 Å². The fraction of sp³-hybridized carbons (Fsp3) is 0.391. The molecule has 2 aliphatic carbocycles. The first kappa shape index (κ1) is 20.3. The molecule has 3 aromatic rings. The monoisotopic (exact) mass is 449 g/mol. The average Bonchev–Trinajstić information content (AvgIpc) is 3.44. The van der Waals surface area contributed by atoms with Crippen LogP contribution in [0.4, 0.5) is 5.00 Å². The van der Waals surface area contributed by atoms with Crippen LogP contribution in [0.3, 0.4) is 0 Å². The van der Waals surface area contributed by atoms with E-state index in [1.54, 1.807) is 11.3 Å². The van der Waals surface area contributed by atoms with Gasteiger partial charge in [-0.3, -0.25) is 9.36 Å². The summed E-state index contributed by atoms with van der Waals surface area (Å²) < 4.78 is 2.07. The van der Waals surface area contributed by atoms with E-state index in [9.17, 15) is 10.1 Å². The maximum Gasteiger partial charge on any atom is 0.235 e. The lowest BCUT2D eigenvalue weighted by Crippen LogP contribution is -2.14. The van der Waals surface area contributed by atoms with E-state index in [1.165, 1.54) is 16.6 Å². The van der Waals surface area contributed by atoms with E-state index in [1.807, 2.05) is 30.3 Å². The van der Waals surface area contributed by atoms with Crippen molar-refractivity contribution in [3.8, 4) is 11.8 Å². The number of thiophene rings is 1. The lowest BCUT2D eigenvalue weighted by Gasteiger charge is -2.17. The summed E-state index contributed by atoms with van der Waals surface area (Å²) in [4.78, 5) is 14.0. The fourth-order valence-electron chi connectivity index (χ4n) is 4.05. The normalized spacial score (nSPS) is 17.7. The number of para-hydroxylation sites is 1. The number of hydrogen-bond acceptors (Lipinski definition) is 6. The van der Waals surface area contributed by atoms with E-state index >= 15 is 0 Å². The van der Waals surface area contributed by atoms with Gasteiger partial charge in [-0.2, -0.15) is 5.26 Å². The van der Waals surface area contributed by atoms with Gasteiger partial charge in [0.15, 0.2) is 5.16 Å². The van der Waals surface area contributed by atoms with Crippen molar-refractivity contribution in [3.05, 3.63) is 52.2 Å². The van der Waals surface area contributed by atoms with E-state index in [0.717, 1.165) is 54.3 Å². The van der Waals surface area contributed by atoms with Crippen LogP contribution in [0.2, 0.25) is 0 Å². The van der Waals surface area contributed by atoms with E-state index < -0.39 is 0 Å². The van der Waals surface area contributed by atoms with Crippen LogP contribution in [0, 0.1) is 17.2 Å². The van der Waals surface area contributed by atoms with Gasteiger partial charge in [0.1, 0.15) is 16.9 Å². The number of carbonyl (C=O) groups excluding carboxylic acids is 1. The third kappa shape index (κ3) is 4.12. The number of carbonyl (C=O) groups is 1. The molecule has 6 nitrogen and oxygen atoms in total. The number of nitrogens with zero attached hydrogens (tertiary/aromatic N) is 4. The van der Waals surface area contributed by atoms with Gasteiger partial charge in [0.2, 0.25) is 5.91 Å². The van der Waals surface area contributed by atoms with Crippen molar-refractivity contribution in [2.45, 2.75) is 50.1 Å². The summed E-state index contributed by atoms with van der Waals surface area (Å²) in [6.45, 7) is 2.24. The minimum absolute atomic E-state index is 0.122. The topological polar surface area (TPSA) is 83.6 Å². The molecule has 0 aliphatic heterocycles. The van der Waals surface area contributed by atoms with Crippen LogP contribution >= 0.6 is 23.1 Å². The molecule has 0 radical (unpaired) electrons. The second-order valence-electron chi connectivity index (χ2n) is 8.29. The number of fused-ring (bicyclic) bond motifs is 1. The lowest BCUT2D eigenvalue weighted by molar-refractivity contribution is -0.113. The number of amides is 1. The number of nitriles is 1. The van der Waals surface area contributed by atoms with E-state index in [-0.39, 0.29) is 11.7 Å². The number of rotatable bonds is 6. The largest absolute Gasteiger partial charge is 0.316 e. The summed E-state index contributed by atoms with van der Waals surface area (Å²) in [5, 5.41) is 22.8. The zero-order chi connectivity index (χ0) is 21.4. The van der Waals surface area contributed by atoms with Crippen molar-refractivity contribution in [2.24, 2.45) is 5.92 Å². The molecule has 2 heterocycles. The zero-order valence-corrected chi connectivity index (χ0v) is 18.9. The van der Waals surface area contributed by atoms with Crippen LogP contribution in [-0.2, 0) is 17.6 Å². The molecule has 2 aromatic heterocycles. The molecule has 158 valence electrons. The molecule has 1 amide bonds. The zero-order valence-electron chi connectivity index (χ0n) is 17.3. The van der Waals surface area contributed by atoms with Gasteiger partial charge in [-0.05, 0) is 55.7 Å². The SMILES string of the molecule is C[C@@H]1CCc2c(sc(NC(=O)CSc3nnc(C4CC4)n3-c3ccccc3)c2C#N)C1. The molecular formula is C23H23N5OS2. The second-order valence-corrected chi connectivity index (χ2v) is 10.3. The molecule has 8 heteroatoms. The Kier molecular flexibility index (Phi) is 5.55. The predicted molar refractivity (Wildman–Crippen MR) is 123 cm³/mol. The number of hydrogen-bond donors (Lipinski definition) is 1. The Morgan fingerprint density at radius 3 is 2.84 bits per heavy atom. The molecule has 1 fully saturated rings. The molecule has 0 spiro atoms. The van der Waals surface area contributed by atoms with Crippen LogP contribution in [0.25, 0.3) is 5.69 Å². The molecule has 1 saturated carbocycles. The maximum atomic E-state index is 12.7. The van der Waals surface area contributed by atoms with Crippen molar-refractivity contribution in [1.82, 2.24) is 14.8 Å². The fourth-order valence-corrected chi connectivity index (χ4v) is 6.19. The van der Waals surface area contributed by atoms with Gasteiger partial charge in [-0.25, -0.2) is 0 Å². The quantitative estimate of drug-likeness (QED) is 0.539.